The van der Waals surface area contributed by atoms with Gasteiger partial charge in [-0.2, -0.15) is 5.10 Å². The van der Waals surface area contributed by atoms with Gasteiger partial charge in [-0.25, -0.2) is 0 Å². The Balaban J connectivity index is 2.13. The number of hydrogen-bond donors (Lipinski definition) is 1. The van der Waals surface area contributed by atoms with E-state index >= 15 is 0 Å². The van der Waals surface area contributed by atoms with Crippen LogP contribution in [0.3, 0.4) is 0 Å². The summed E-state index contributed by atoms with van der Waals surface area (Å²) in [6, 6.07) is 10.5. The molecule has 20 heavy (non-hydrogen) atoms. The lowest BCUT2D eigenvalue weighted by Crippen LogP contribution is -2.35. The third kappa shape index (κ3) is 3.46. The van der Waals surface area contributed by atoms with Crippen molar-refractivity contribution in [2.75, 3.05) is 14.2 Å². The first kappa shape index (κ1) is 14.8. The summed E-state index contributed by atoms with van der Waals surface area (Å²) >= 11 is 0. The topological polar surface area (TPSA) is 39.1 Å². The van der Waals surface area contributed by atoms with Crippen molar-refractivity contribution in [3.05, 3.63) is 53.9 Å². The number of rotatable bonds is 7. The fourth-order valence-corrected chi connectivity index (χ4v) is 2.47. The Morgan fingerprint density at radius 1 is 1.30 bits per heavy atom. The molecule has 0 saturated carbocycles. The number of nitrogens with zero attached hydrogens (tertiary/aromatic N) is 2. The number of benzene rings is 1. The van der Waals surface area contributed by atoms with Gasteiger partial charge in [-0.3, -0.25) is 4.68 Å². The van der Waals surface area contributed by atoms with E-state index in [9.17, 15) is 0 Å². The Labute approximate surface area is 120 Å². The molecule has 1 aromatic carbocycles. The lowest BCUT2D eigenvalue weighted by atomic mass is 9.97. The Hall–Kier alpha value is -1.65. The molecule has 0 bridgehead atoms. The molecule has 2 atom stereocenters. The molecule has 108 valence electrons. The van der Waals surface area contributed by atoms with Crippen LogP contribution in [0.2, 0.25) is 0 Å². The lowest BCUT2D eigenvalue weighted by Gasteiger charge is -2.25. The Kier molecular flexibility index (Phi) is 5.32. The minimum Gasteiger partial charge on any atom is -0.375 e. The molecule has 2 rings (SSSR count). The van der Waals surface area contributed by atoms with Crippen molar-refractivity contribution in [2.24, 2.45) is 0 Å². The second-order valence-electron chi connectivity index (χ2n) is 4.87. The monoisotopic (exact) mass is 273 g/mol. The Bertz CT molecular complexity index is 509. The summed E-state index contributed by atoms with van der Waals surface area (Å²) in [6.07, 6.45) is 4.96. The first-order valence-corrected chi connectivity index (χ1v) is 7.04. The number of hydrogen-bond acceptors (Lipinski definition) is 3. The first-order chi connectivity index (χ1) is 9.78. The normalized spacial score (nSPS) is 14.2. The van der Waals surface area contributed by atoms with Gasteiger partial charge in [0.15, 0.2) is 0 Å². The van der Waals surface area contributed by atoms with E-state index < -0.39 is 0 Å². The number of likely N-dealkylation sites (N-methyl/N-ethyl adjacent to an activating group) is 1. The van der Waals surface area contributed by atoms with E-state index in [1.165, 1.54) is 11.1 Å². The van der Waals surface area contributed by atoms with E-state index in [-0.39, 0.29) is 12.1 Å². The van der Waals surface area contributed by atoms with E-state index in [2.05, 4.69) is 35.7 Å². The van der Waals surface area contributed by atoms with Crippen LogP contribution in [0.5, 0.6) is 0 Å². The second kappa shape index (κ2) is 7.22. The average molecular weight is 273 g/mol. The van der Waals surface area contributed by atoms with Gasteiger partial charge in [-0.1, -0.05) is 30.3 Å². The molecule has 0 radical (unpaired) electrons. The molecule has 0 aliphatic carbocycles. The zero-order chi connectivity index (χ0) is 14.4. The zero-order valence-corrected chi connectivity index (χ0v) is 12.4. The first-order valence-electron chi connectivity index (χ1n) is 7.04. The summed E-state index contributed by atoms with van der Waals surface area (Å²) in [5.74, 6) is 0. The minimum absolute atomic E-state index is 0.0335. The summed E-state index contributed by atoms with van der Waals surface area (Å²) < 4.78 is 7.66. The van der Waals surface area contributed by atoms with Crippen LogP contribution in [0.1, 0.15) is 24.2 Å². The molecule has 1 aromatic heterocycles. The SMILES string of the molecule is CCn1cc(CC(NC)C(OC)c2ccccc2)cn1. The van der Waals surface area contributed by atoms with Crippen LogP contribution >= 0.6 is 0 Å². The van der Waals surface area contributed by atoms with Crippen molar-refractivity contribution in [1.29, 1.82) is 0 Å². The Morgan fingerprint density at radius 2 is 2.05 bits per heavy atom. The van der Waals surface area contributed by atoms with Gasteiger partial charge in [-0.15, -0.1) is 0 Å². The Morgan fingerprint density at radius 3 is 2.60 bits per heavy atom. The molecular weight excluding hydrogens is 250 g/mol. The fourth-order valence-electron chi connectivity index (χ4n) is 2.47. The highest BCUT2D eigenvalue weighted by atomic mass is 16.5. The number of aryl methyl sites for hydroxylation is 1. The summed E-state index contributed by atoms with van der Waals surface area (Å²) in [5.41, 5.74) is 2.42. The molecule has 0 aliphatic rings. The molecule has 1 heterocycles. The smallest absolute Gasteiger partial charge is 0.0977 e. The van der Waals surface area contributed by atoms with Gasteiger partial charge >= 0.3 is 0 Å². The third-order valence-corrected chi connectivity index (χ3v) is 3.58. The van der Waals surface area contributed by atoms with Crippen LogP contribution in [0.15, 0.2) is 42.7 Å². The number of methoxy groups -OCH3 is 1. The average Bonchev–Trinajstić information content (AvgIpc) is 2.96. The molecule has 0 amide bonds. The second-order valence-corrected chi connectivity index (χ2v) is 4.87. The van der Waals surface area contributed by atoms with E-state index in [1.807, 2.05) is 36.1 Å². The number of aromatic nitrogens is 2. The van der Waals surface area contributed by atoms with E-state index in [1.54, 1.807) is 7.11 Å². The van der Waals surface area contributed by atoms with Crippen LogP contribution in [0, 0.1) is 0 Å². The molecule has 0 fully saturated rings. The van der Waals surface area contributed by atoms with Gasteiger partial charge in [0.2, 0.25) is 0 Å². The largest absolute Gasteiger partial charge is 0.375 e. The van der Waals surface area contributed by atoms with Crippen molar-refractivity contribution in [3.8, 4) is 0 Å². The van der Waals surface area contributed by atoms with Crippen molar-refractivity contribution >= 4 is 0 Å². The van der Waals surface area contributed by atoms with Gasteiger partial charge < -0.3 is 10.1 Å². The molecule has 4 heteroatoms. The lowest BCUT2D eigenvalue weighted by molar-refractivity contribution is 0.0704. The molecule has 0 saturated heterocycles. The van der Waals surface area contributed by atoms with E-state index in [4.69, 9.17) is 4.74 Å². The summed E-state index contributed by atoms with van der Waals surface area (Å²) in [5, 5.41) is 7.69. The molecule has 0 spiro atoms. The van der Waals surface area contributed by atoms with E-state index in [0.29, 0.717) is 0 Å². The van der Waals surface area contributed by atoms with Gasteiger partial charge in [0.1, 0.15) is 0 Å². The maximum atomic E-state index is 5.71. The van der Waals surface area contributed by atoms with E-state index in [0.717, 1.165) is 13.0 Å². The summed E-state index contributed by atoms with van der Waals surface area (Å²) in [7, 11) is 3.74. The maximum absolute atomic E-state index is 5.71. The maximum Gasteiger partial charge on any atom is 0.0977 e. The zero-order valence-electron chi connectivity index (χ0n) is 12.4. The standard InChI is InChI=1S/C16H23N3O/c1-4-19-12-13(11-18-19)10-15(17-2)16(20-3)14-8-6-5-7-9-14/h5-9,11-12,15-17H,4,10H2,1-3H3. The van der Waals surface area contributed by atoms with Gasteiger partial charge in [0.25, 0.3) is 0 Å². The third-order valence-electron chi connectivity index (χ3n) is 3.58. The highest BCUT2D eigenvalue weighted by Gasteiger charge is 2.22. The summed E-state index contributed by atoms with van der Waals surface area (Å²) in [6.45, 7) is 2.99. The number of ether oxygens (including phenoxy) is 1. The van der Waals surface area contributed by atoms with Gasteiger partial charge in [-0.05, 0) is 31.5 Å². The van der Waals surface area contributed by atoms with Crippen LogP contribution in [-0.2, 0) is 17.7 Å². The molecule has 0 aliphatic heterocycles. The van der Waals surface area contributed by atoms with Crippen molar-refractivity contribution in [1.82, 2.24) is 15.1 Å². The number of nitrogens with one attached hydrogen (secondary N) is 1. The highest BCUT2D eigenvalue weighted by molar-refractivity contribution is 5.20. The quantitative estimate of drug-likeness (QED) is 0.842. The van der Waals surface area contributed by atoms with Crippen molar-refractivity contribution in [2.45, 2.75) is 32.0 Å². The fraction of sp³-hybridized carbons (Fsp3) is 0.438. The molecule has 2 unspecified atom stereocenters. The summed E-state index contributed by atoms with van der Waals surface area (Å²) in [4.78, 5) is 0. The predicted molar refractivity (Wildman–Crippen MR) is 80.6 cm³/mol. The van der Waals surface area contributed by atoms with Crippen LogP contribution in [0.25, 0.3) is 0 Å². The van der Waals surface area contributed by atoms with Gasteiger partial charge in [0.05, 0.1) is 12.3 Å². The molecule has 2 aromatic rings. The minimum atomic E-state index is 0.0335. The van der Waals surface area contributed by atoms with Crippen molar-refractivity contribution in [3.63, 3.8) is 0 Å². The molecule has 4 nitrogen and oxygen atoms in total. The van der Waals surface area contributed by atoms with Crippen LogP contribution in [-0.4, -0.2) is 30.0 Å². The molecule has 1 N–H and O–H groups in total. The van der Waals surface area contributed by atoms with Gasteiger partial charge in [0, 0.05) is 25.9 Å². The van der Waals surface area contributed by atoms with Crippen molar-refractivity contribution < 1.29 is 4.74 Å². The highest BCUT2D eigenvalue weighted by Crippen LogP contribution is 2.22. The van der Waals surface area contributed by atoms with Crippen LogP contribution < -0.4 is 5.32 Å². The molecular formula is C16H23N3O. The van der Waals surface area contributed by atoms with Crippen LogP contribution in [0.4, 0.5) is 0 Å². The predicted octanol–water partition coefficient (Wildman–Crippen LogP) is 2.42.